The third kappa shape index (κ3) is 4.27. The summed E-state index contributed by atoms with van der Waals surface area (Å²) < 4.78 is 7.05. The maximum absolute atomic E-state index is 12.7. The Kier molecular flexibility index (Phi) is 5.56. The second-order valence-corrected chi connectivity index (χ2v) is 8.47. The number of carbonyl (C=O) groups is 1. The van der Waals surface area contributed by atoms with Crippen LogP contribution in [0, 0.1) is 5.92 Å². The van der Waals surface area contributed by atoms with Gasteiger partial charge in [-0.1, -0.05) is 0 Å². The molecule has 2 saturated heterocycles. The standard InChI is InChI=1S/C19H24N8O2S/c28-18(22-19-21-15(12-30-19)11-25-7-9-29-10-8-25)14-3-5-26(6-4-14)17-2-1-16-23-20-13-27(16)24-17/h1-2,12-14H,3-11H2,(H,21,22,28). The number of morpholine rings is 1. The van der Waals surface area contributed by atoms with Gasteiger partial charge in [0, 0.05) is 44.0 Å². The van der Waals surface area contributed by atoms with Crippen molar-refractivity contribution in [1.82, 2.24) is 29.7 Å². The Morgan fingerprint density at radius 3 is 2.87 bits per heavy atom. The number of rotatable bonds is 5. The van der Waals surface area contributed by atoms with E-state index in [1.165, 1.54) is 11.3 Å². The highest BCUT2D eigenvalue weighted by Gasteiger charge is 2.26. The van der Waals surface area contributed by atoms with Gasteiger partial charge in [-0.3, -0.25) is 9.69 Å². The van der Waals surface area contributed by atoms with Gasteiger partial charge in [0.15, 0.2) is 10.8 Å². The van der Waals surface area contributed by atoms with Gasteiger partial charge in [0.2, 0.25) is 5.91 Å². The molecule has 158 valence electrons. The summed E-state index contributed by atoms with van der Waals surface area (Å²) >= 11 is 1.49. The molecule has 3 aromatic heterocycles. The van der Waals surface area contributed by atoms with Gasteiger partial charge in [-0.25, -0.2) is 4.98 Å². The van der Waals surface area contributed by atoms with Crippen LogP contribution in [0.15, 0.2) is 23.8 Å². The number of piperidine rings is 1. The van der Waals surface area contributed by atoms with Crippen molar-refractivity contribution < 1.29 is 9.53 Å². The maximum Gasteiger partial charge on any atom is 0.229 e. The second kappa shape index (κ2) is 8.62. The van der Waals surface area contributed by atoms with E-state index in [2.05, 4.69) is 35.4 Å². The zero-order valence-electron chi connectivity index (χ0n) is 16.6. The molecule has 2 aliphatic heterocycles. The summed E-state index contributed by atoms with van der Waals surface area (Å²) in [6.45, 7) is 5.79. The largest absolute Gasteiger partial charge is 0.379 e. The first-order valence-electron chi connectivity index (χ1n) is 10.2. The average Bonchev–Trinajstić information content (AvgIpc) is 3.43. The number of anilines is 2. The maximum atomic E-state index is 12.7. The lowest BCUT2D eigenvalue weighted by Crippen LogP contribution is -2.38. The minimum atomic E-state index is -0.00788. The Bertz CT molecular complexity index is 1010. The normalized spacial score (nSPS) is 18.7. The number of ether oxygens (including phenoxy) is 1. The Morgan fingerprint density at radius 2 is 2.03 bits per heavy atom. The molecule has 2 aliphatic rings. The monoisotopic (exact) mass is 428 g/mol. The molecule has 1 amide bonds. The molecule has 0 spiro atoms. The van der Waals surface area contributed by atoms with Crippen molar-refractivity contribution in [2.24, 2.45) is 5.92 Å². The molecule has 0 aliphatic carbocycles. The minimum Gasteiger partial charge on any atom is -0.379 e. The fourth-order valence-electron chi connectivity index (χ4n) is 3.89. The molecule has 0 atom stereocenters. The predicted molar refractivity (Wildman–Crippen MR) is 113 cm³/mol. The third-order valence-electron chi connectivity index (χ3n) is 5.61. The van der Waals surface area contributed by atoms with Gasteiger partial charge in [-0.2, -0.15) is 4.52 Å². The van der Waals surface area contributed by atoms with Crippen molar-refractivity contribution >= 4 is 33.8 Å². The SMILES string of the molecule is O=C(Nc1nc(CN2CCOCC2)cs1)C1CCN(c2ccc3nncn3n2)CC1. The van der Waals surface area contributed by atoms with Gasteiger partial charge < -0.3 is 15.0 Å². The molecule has 1 N–H and O–H groups in total. The molecule has 2 fully saturated rings. The molecule has 0 aromatic carbocycles. The molecule has 0 radical (unpaired) electrons. The molecule has 0 bridgehead atoms. The lowest BCUT2D eigenvalue weighted by atomic mass is 9.96. The van der Waals surface area contributed by atoms with E-state index in [1.54, 1.807) is 10.8 Å². The number of hydrogen-bond acceptors (Lipinski definition) is 9. The Hall–Kier alpha value is -2.63. The number of amides is 1. The van der Waals surface area contributed by atoms with Gasteiger partial charge in [-0.15, -0.1) is 26.6 Å². The van der Waals surface area contributed by atoms with Crippen LogP contribution in [0.2, 0.25) is 0 Å². The van der Waals surface area contributed by atoms with Crippen LogP contribution in [0.3, 0.4) is 0 Å². The fourth-order valence-corrected chi connectivity index (χ4v) is 4.60. The Morgan fingerprint density at radius 1 is 1.20 bits per heavy atom. The molecule has 11 heteroatoms. The number of nitrogens with one attached hydrogen (secondary N) is 1. The number of fused-ring (bicyclic) bond motifs is 1. The molecule has 5 heterocycles. The first-order chi connectivity index (χ1) is 14.7. The quantitative estimate of drug-likeness (QED) is 0.648. The van der Waals surface area contributed by atoms with Crippen LogP contribution in [-0.2, 0) is 16.1 Å². The van der Waals surface area contributed by atoms with Crippen molar-refractivity contribution in [3.63, 3.8) is 0 Å². The van der Waals surface area contributed by atoms with Crippen LogP contribution in [0.4, 0.5) is 10.9 Å². The number of carbonyl (C=O) groups excluding carboxylic acids is 1. The average molecular weight is 429 g/mol. The predicted octanol–water partition coefficient (Wildman–Crippen LogP) is 1.27. The molecule has 10 nitrogen and oxygen atoms in total. The topological polar surface area (TPSA) is 101 Å². The van der Waals surface area contributed by atoms with E-state index in [0.717, 1.165) is 75.9 Å². The van der Waals surface area contributed by atoms with Crippen molar-refractivity contribution in [3.8, 4) is 0 Å². The van der Waals surface area contributed by atoms with Crippen LogP contribution in [-0.4, -0.2) is 75.0 Å². The highest BCUT2D eigenvalue weighted by Crippen LogP contribution is 2.24. The highest BCUT2D eigenvalue weighted by atomic mass is 32.1. The van der Waals surface area contributed by atoms with Gasteiger partial charge in [0.05, 0.1) is 18.9 Å². The summed E-state index contributed by atoms with van der Waals surface area (Å²) in [7, 11) is 0. The van der Waals surface area contributed by atoms with Crippen LogP contribution in [0.1, 0.15) is 18.5 Å². The van der Waals surface area contributed by atoms with Crippen LogP contribution in [0.25, 0.3) is 5.65 Å². The Balaban J connectivity index is 1.13. The lowest BCUT2D eigenvalue weighted by molar-refractivity contribution is -0.120. The van der Waals surface area contributed by atoms with Gasteiger partial charge in [0.25, 0.3) is 0 Å². The summed E-state index contributed by atoms with van der Waals surface area (Å²) in [6, 6.07) is 3.86. The first-order valence-corrected chi connectivity index (χ1v) is 11.1. The first kappa shape index (κ1) is 19.3. The second-order valence-electron chi connectivity index (χ2n) is 7.61. The van der Waals surface area contributed by atoms with E-state index >= 15 is 0 Å². The summed E-state index contributed by atoms with van der Waals surface area (Å²) in [5.41, 5.74) is 1.73. The summed E-state index contributed by atoms with van der Waals surface area (Å²) in [5.74, 6) is 0.935. The number of hydrogen-bond donors (Lipinski definition) is 1. The summed E-state index contributed by atoms with van der Waals surface area (Å²) in [4.78, 5) is 21.8. The lowest BCUT2D eigenvalue weighted by Gasteiger charge is -2.31. The zero-order valence-corrected chi connectivity index (χ0v) is 17.4. The van der Waals surface area contributed by atoms with Gasteiger partial charge in [-0.05, 0) is 25.0 Å². The van der Waals surface area contributed by atoms with E-state index in [9.17, 15) is 4.79 Å². The van der Waals surface area contributed by atoms with E-state index in [-0.39, 0.29) is 11.8 Å². The molecule has 5 rings (SSSR count). The number of thiazole rings is 1. The Labute approximate surface area is 177 Å². The van der Waals surface area contributed by atoms with Crippen molar-refractivity contribution in [1.29, 1.82) is 0 Å². The molecule has 30 heavy (non-hydrogen) atoms. The van der Waals surface area contributed by atoms with E-state index in [1.807, 2.05) is 17.5 Å². The van der Waals surface area contributed by atoms with Gasteiger partial charge in [0.1, 0.15) is 12.1 Å². The van der Waals surface area contributed by atoms with Crippen molar-refractivity contribution in [3.05, 3.63) is 29.5 Å². The molecular formula is C19H24N8O2S. The summed E-state index contributed by atoms with van der Waals surface area (Å²) in [5, 5.41) is 18.1. The van der Waals surface area contributed by atoms with Crippen molar-refractivity contribution in [2.75, 3.05) is 49.6 Å². The van der Waals surface area contributed by atoms with Crippen molar-refractivity contribution in [2.45, 2.75) is 19.4 Å². The van der Waals surface area contributed by atoms with Crippen LogP contribution in [0.5, 0.6) is 0 Å². The minimum absolute atomic E-state index is 0.00788. The smallest absolute Gasteiger partial charge is 0.229 e. The summed E-state index contributed by atoms with van der Waals surface area (Å²) in [6.07, 6.45) is 3.18. The van der Waals surface area contributed by atoms with E-state index in [4.69, 9.17) is 4.74 Å². The third-order valence-corrected chi connectivity index (χ3v) is 6.42. The van der Waals surface area contributed by atoms with E-state index in [0.29, 0.717) is 5.13 Å². The van der Waals surface area contributed by atoms with Crippen LogP contribution >= 0.6 is 11.3 Å². The fraction of sp³-hybridized carbons (Fsp3) is 0.526. The zero-order chi connectivity index (χ0) is 20.3. The van der Waals surface area contributed by atoms with E-state index < -0.39 is 0 Å². The highest BCUT2D eigenvalue weighted by molar-refractivity contribution is 7.13. The van der Waals surface area contributed by atoms with Gasteiger partial charge >= 0.3 is 0 Å². The van der Waals surface area contributed by atoms with Crippen LogP contribution < -0.4 is 10.2 Å². The molecular weight excluding hydrogens is 404 g/mol. The number of nitrogens with zero attached hydrogens (tertiary/aromatic N) is 7. The number of aromatic nitrogens is 5. The molecule has 0 unspecified atom stereocenters. The molecule has 3 aromatic rings. The molecule has 0 saturated carbocycles.